The number of imidazole rings is 1. The van der Waals surface area contributed by atoms with Crippen LogP contribution in [0.25, 0.3) is 5.65 Å². The zero-order chi connectivity index (χ0) is 15.7. The fourth-order valence-corrected chi connectivity index (χ4v) is 3.79. The summed E-state index contributed by atoms with van der Waals surface area (Å²) in [4.78, 5) is 10.8. The van der Waals surface area contributed by atoms with Crippen LogP contribution in [0, 0.1) is 6.92 Å². The summed E-state index contributed by atoms with van der Waals surface area (Å²) in [6, 6.07) is 4.00. The van der Waals surface area contributed by atoms with Gasteiger partial charge in [-0.05, 0) is 18.6 Å². The number of pyridine rings is 1. The van der Waals surface area contributed by atoms with Crippen molar-refractivity contribution in [2.24, 2.45) is 0 Å². The Bertz CT molecular complexity index is 824. The van der Waals surface area contributed by atoms with Gasteiger partial charge in [-0.2, -0.15) is 4.37 Å². The van der Waals surface area contributed by atoms with Crippen molar-refractivity contribution in [2.75, 3.05) is 19.0 Å². The summed E-state index contributed by atoms with van der Waals surface area (Å²) >= 11 is 1.32. The maximum absolute atomic E-state index is 12.3. The van der Waals surface area contributed by atoms with Crippen LogP contribution in [0.2, 0.25) is 0 Å². The maximum atomic E-state index is 12.3. The fraction of sp³-hybridized carbons (Fsp3) is 0.357. The number of fused-ring (bicyclic) bond motifs is 1. The third-order valence-electron chi connectivity index (χ3n) is 3.17. The molecule has 0 unspecified atom stereocenters. The lowest BCUT2D eigenvalue weighted by Gasteiger charge is -2.04. The lowest BCUT2D eigenvalue weighted by atomic mass is 10.3. The van der Waals surface area contributed by atoms with E-state index in [4.69, 9.17) is 0 Å². The molecule has 1 atom stereocenters. The monoisotopic (exact) mass is 335 g/mol. The highest BCUT2D eigenvalue weighted by Crippen LogP contribution is 2.16. The van der Waals surface area contributed by atoms with Gasteiger partial charge in [-0.15, -0.1) is 0 Å². The first-order chi connectivity index (χ1) is 10.5. The van der Waals surface area contributed by atoms with Crippen LogP contribution in [0.5, 0.6) is 0 Å². The van der Waals surface area contributed by atoms with Crippen LogP contribution in [0.3, 0.4) is 0 Å². The number of hydrogen-bond donors (Lipinski definition) is 0. The molecular weight excluding hydrogens is 318 g/mol. The average Bonchev–Trinajstić information content (AvgIpc) is 3.06. The summed E-state index contributed by atoms with van der Waals surface area (Å²) in [5.41, 5.74) is 2.85. The Balaban J connectivity index is 1.71. The van der Waals surface area contributed by atoms with Gasteiger partial charge in [0.1, 0.15) is 5.65 Å². The van der Waals surface area contributed by atoms with Crippen molar-refractivity contribution in [1.29, 1.82) is 0 Å². The van der Waals surface area contributed by atoms with Gasteiger partial charge in [-0.1, -0.05) is 6.07 Å². The van der Waals surface area contributed by atoms with Gasteiger partial charge >= 0.3 is 0 Å². The summed E-state index contributed by atoms with van der Waals surface area (Å²) in [5, 5.41) is 0.829. The van der Waals surface area contributed by atoms with Crippen molar-refractivity contribution < 1.29 is 4.21 Å². The molecule has 0 spiro atoms. The highest BCUT2D eigenvalue weighted by molar-refractivity contribution is 7.83. The first kappa shape index (κ1) is 15.1. The van der Waals surface area contributed by atoms with Crippen LogP contribution >= 0.6 is 11.5 Å². The average molecular weight is 335 g/mol. The van der Waals surface area contributed by atoms with Gasteiger partial charge in [-0.25, -0.2) is 9.97 Å². The van der Waals surface area contributed by atoms with E-state index in [1.807, 2.05) is 54.8 Å². The molecule has 0 aromatic carbocycles. The molecule has 8 heteroatoms. The van der Waals surface area contributed by atoms with Gasteiger partial charge in [-0.3, -0.25) is 4.21 Å². The van der Waals surface area contributed by atoms with Crippen LogP contribution in [0.1, 0.15) is 17.1 Å². The van der Waals surface area contributed by atoms with E-state index in [9.17, 15) is 4.21 Å². The maximum Gasteiger partial charge on any atom is 0.204 e. The molecule has 116 valence electrons. The third-order valence-corrected chi connectivity index (χ3v) is 5.29. The SMILES string of the molecule is Cc1cccn2cc(C[S@@](=O)Cc3nsc(N(C)C)n3)nc12. The number of nitrogens with zero attached hydrogens (tertiary/aromatic N) is 5. The largest absolute Gasteiger partial charge is 0.353 e. The number of hydrogen-bond acceptors (Lipinski definition) is 6. The molecule has 0 saturated heterocycles. The molecule has 0 N–H and O–H groups in total. The number of aromatic nitrogens is 4. The molecule has 22 heavy (non-hydrogen) atoms. The molecule has 0 saturated carbocycles. The molecular formula is C14H17N5OS2. The van der Waals surface area contributed by atoms with E-state index in [1.165, 1.54) is 11.5 Å². The van der Waals surface area contributed by atoms with E-state index >= 15 is 0 Å². The molecule has 0 aliphatic carbocycles. The Morgan fingerprint density at radius 2 is 2.14 bits per heavy atom. The second-order valence-corrected chi connectivity index (χ2v) is 7.46. The lowest BCUT2D eigenvalue weighted by Crippen LogP contribution is -2.08. The number of aryl methyl sites for hydroxylation is 1. The quantitative estimate of drug-likeness (QED) is 0.714. The fourth-order valence-electron chi connectivity index (χ4n) is 2.12. The Labute approximate surface area is 135 Å². The number of anilines is 1. The molecule has 3 heterocycles. The standard InChI is InChI=1S/C14H17N5OS2/c1-10-5-4-6-19-7-11(15-13(10)19)8-22(20)9-12-16-14(18(2)3)21-17-12/h4-7H,8-9H2,1-3H3/t22-/m1/s1. The second-order valence-electron chi connectivity index (χ2n) is 5.27. The van der Waals surface area contributed by atoms with Crippen molar-refractivity contribution in [3.8, 4) is 0 Å². The minimum atomic E-state index is -1.07. The molecule has 0 fully saturated rings. The van der Waals surface area contributed by atoms with Crippen LogP contribution in [-0.4, -0.2) is 37.0 Å². The highest BCUT2D eigenvalue weighted by Gasteiger charge is 2.12. The van der Waals surface area contributed by atoms with Gasteiger partial charge in [0.15, 0.2) is 5.82 Å². The predicted molar refractivity (Wildman–Crippen MR) is 89.7 cm³/mol. The molecule has 0 amide bonds. The van der Waals surface area contributed by atoms with E-state index in [0.717, 1.165) is 22.0 Å². The van der Waals surface area contributed by atoms with Crippen molar-refractivity contribution in [3.05, 3.63) is 41.6 Å². The van der Waals surface area contributed by atoms with Gasteiger partial charge in [0.05, 0.1) is 17.2 Å². The smallest absolute Gasteiger partial charge is 0.204 e. The summed E-state index contributed by atoms with van der Waals surface area (Å²) < 4.78 is 18.5. The molecule has 0 radical (unpaired) electrons. The molecule has 0 bridgehead atoms. The normalized spacial score (nSPS) is 12.7. The predicted octanol–water partition coefficient (Wildman–Crippen LogP) is 2.01. The highest BCUT2D eigenvalue weighted by atomic mass is 32.2. The van der Waals surface area contributed by atoms with Crippen molar-refractivity contribution >= 4 is 33.1 Å². The zero-order valence-corrected chi connectivity index (χ0v) is 14.3. The van der Waals surface area contributed by atoms with Gasteiger partial charge < -0.3 is 9.30 Å². The second kappa shape index (κ2) is 6.13. The Hall–Kier alpha value is -1.80. The van der Waals surface area contributed by atoms with Crippen molar-refractivity contribution in [1.82, 2.24) is 18.7 Å². The van der Waals surface area contributed by atoms with E-state index in [0.29, 0.717) is 17.3 Å². The zero-order valence-electron chi connectivity index (χ0n) is 12.7. The Kier molecular flexibility index (Phi) is 4.21. The molecule has 6 nitrogen and oxygen atoms in total. The molecule has 3 aromatic rings. The number of rotatable bonds is 5. The summed E-state index contributed by atoms with van der Waals surface area (Å²) in [6.07, 6.45) is 3.88. The van der Waals surface area contributed by atoms with E-state index < -0.39 is 10.8 Å². The first-order valence-electron chi connectivity index (χ1n) is 6.81. The summed E-state index contributed by atoms with van der Waals surface area (Å²) in [5.74, 6) is 1.40. The van der Waals surface area contributed by atoms with Crippen LogP contribution < -0.4 is 4.90 Å². The van der Waals surface area contributed by atoms with E-state index in [2.05, 4.69) is 14.3 Å². The van der Waals surface area contributed by atoms with Crippen molar-refractivity contribution in [3.63, 3.8) is 0 Å². The first-order valence-corrected chi connectivity index (χ1v) is 9.07. The summed E-state index contributed by atoms with van der Waals surface area (Å²) in [7, 11) is 2.77. The van der Waals surface area contributed by atoms with Gasteiger partial charge in [0, 0.05) is 48.8 Å². The minimum Gasteiger partial charge on any atom is -0.353 e. The molecule has 3 aromatic heterocycles. The van der Waals surface area contributed by atoms with E-state index in [1.54, 1.807) is 0 Å². The minimum absolute atomic E-state index is 0.358. The van der Waals surface area contributed by atoms with Crippen LogP contribution in [-0.2, 0) is 22.3 Å². The molecule has 3 rings (SSSR count). The Morgan fingerprint density at radius 1 is 1.32 bits per heavy atom. The van der Waals surface area contributed by atoms with Crippen LogP contribution in [0.15, 0.2) is 24.5 Å². The topological polar surface area (TPSA) is 63.4 Å². The van der Waals surface area contributed by atoms with Crippen molar-refractivity contribution in [2.45, 2.75) is 18.4 Å². The molecule has 0 aliphatic rings. The van der Waals surface area contributed by atoms with Gasteiger partial charge in [0.25, 0.3) is 0 Å². The van der Waals surface area contributed by atoms with E-state index in [-0.39, 0.29) is 0 Å². The third kappa shape index (κ3) is 3.17. The Morgan fingerprint density at radius 3 is 2.82 bits per heavy atom. The van der Waals surface area contributed by atoms with Crippen LogP contribution in [0.4, 0.5) is 5.13 Å². The lowest BCUT2D eigenvalue weighted by molar-refractivity contribution is 0.681. The molecule has 0 aliphatic heterocycles. The summed E-state index contributed by atoms with van der Waals surface area (Å²) in [6.45, 7) is 2.02. The van der Waals surface area contributed by atoms with Gasteiger partial charge in [0.2, 0.25) is 5.13 Å².